The van der Waals surface area contributed by atoms with Gasteiger partial charge in [0.25, 0.3) is 0 Å². The van der Waals surface area contributed by atoms with Gasteiger partial charge >= 0.3 is 58.2 Å². The third-order valence-corrected chi connectivity index (χ3v) is 4.78. The SMILES string of the molecule is C=c1c(C)cc2c(c1C)Cc1[c-]c3c(cc1[C-]=2)CCC[N-]3.[Rb+].[Re].[Rf]. The second kappa shape index (κ2) is 8.22. The molecule has 115 valence electrons. The predicted molar refractivity (Wildman–Crippen MR) is 87.5 cm³/mol. The fourth-order valence-corrected chi connectivity index (χ4v) is 3.40. The smallest absolute Gasteiger partial charge is 0.706 e. The van der Waals surface area contributed by atoms with E-state index in [1.807, 2.05) is 0 Å². The van der Waals surface area contributed by atoms with Crippen molar-refractivity contribution in [2.75, 3.05) is 6.54 Å². The van der Waals surface area contributed by atoms with E-state index < -0.39 is 0 Å². The fourth-order valence-electron chi connectivity index (χ4n) is 3.40. The minimum absolute atomic E-state index is 0. The summed E-state index contributed by atoms with van der Waals surface area (Å²) in [4.78, 5) is 0. The Balaban J connectivity index is 0.000000960. The average molecular weight is 811 g/mol. The van der Waals surface area contributed by atoms with E-state index in [0.717, 1.165) is 36.7 Å². The molecular weight excluding hydrogens is 793 g/mol. The second-order valence-electron chi connectivity index (χ2n) is 6.15. The van der Waals surface area contributed by atoms with Gasteiger partial charge in [-0.1, -0.05) is 37.0 Å². The van der Waals surface area contributed by atoms with Gasteiger partial charge in [-0.3, -0.25) is 5.69 Å². The quantitative estimate of drug-likeness (QED) is 0.286. The first kappa shape index (κ1) is 21.5. The first-order valence-electron chi connectivity index (χ1n) is 7.61. The van der Waals surface area contributed by atoms with Crippen molar-refractivity contribution in [1.29, 1.82) is 0 Å². The molecule has 1 aliphatic heterocycles. The molecule has 4 heteroatoms. The van der Waals surface area contributed by atoms with Crippen LogP contribution in [0.4, 0.5) is 5.69 Å². The van der Waals surface area contributed by atoms with Gasteiger partial charge in [-0.2, -0.15) is 6.08 Å². The minimum Gasteiger partial charge on any atom is -0.706 e. The van der Waals surface area contributed by atoms with Crippen molar-refractivity contribution in [1.82, 2.24) is 0 Å². The third-order valence-electron chi connectivity index (χ3n) is 4.78. The first-order chi connectivity index (χ1) is 10.1. The van der Waals surface area contributed by atoms with Crippen LogP contribution in [0.5, 0.6) is 0 Å². The van der Waals surface area contributed by atoms with Gasteiger partial charge in [0, 0.05) is 20.4 Å². The van der Waals surface area contributed by atoms with Crippen molar-refractivity contribution in [2.24, 2.45) is 0 Å². The van der Waals surface area contributed by atoms with E-state index >= 15 is 0 Å². The van der Waals surface area contributed by atoms with E-state index in [0.29, 0.717) is 0 Å². The van der Waals surface area contributed by atoms with Crippen LogP contribution in [0.2, 0.25) is 0 Å². The molecule has 0 aromatic heterocycles. The zero-order valence-corrected chi connectivity index (χ0v) is 28.8. The van der Waals surface area contributed by atoms with Crippen molar-refractivity contribution >= 4 is 18.3 Å². The maximum absolute atomic E-state index is 4.62. The summed E-state index contributed by atoms with van der Waals surface area (Å²) in [5.41, 5.74) is 8.74. The van der Waals surface area contributed by atoms with Gasteiger partial charge in [-0.05, 0) is 19.1 Å². The Kier molecular flexibility index (Phi) is 7.36. The van der Waals surface area contributed by atoms with Gasteiger partial charge in [0.15, 0.2) is 0 Å². The topological polar surface area (TPSA) is 14.1 Å². The number of fused-ring (bicyclic) bond motifs is 3. The summed E-state index contributed by atoms with van der Waals surface area (Å²) in [5.74, 6) is 0. The molecule has 0 saturated heterocycles. The van der Waals surface area contributed by atoms with E-state index in [2.05, 4.69) is 50.0 Å². The van der Waals surface area contributed by atoms with E-state index in [-0.39, 0.29) is 78.6 Å². The largest absolute Gasteiger partial charge is 1.00 e. The van der Waals surface area contributed by atoms with Crippen molar-refractivity contribution in [3.05, 3.63) is 67.3 Å². The summed E-state index contributed by atoms with van der Waals surface area (Å²) in [6.45, 7) is 9.44. The van der Waals surface area contributed by atoms with Crippen molar-refractivity contribution in [3.8, 4) is 0 Å². The molecule has 2 aliphatic rings. The molecule has 1 aliphatic carbocycles. The Morgan fingerprint density at radius 2 is 1.96 bits per heavy atom. The number of aryl methyl sites for hydroxylation is 2. The molecule has 0 fully saturated rings. The van der Waals surface area contributed by atoms with Crippen LogP contribution in [0.25, 0.3) is 18.0 Å². The van der Waals surface area contributed by atoms with Crippen molar-refractivity contribution < 1.29 is 78.6 Å². The third kappa shape index (κ3) is 3.52. The van der Waals surface area contributed by atoms with E-state index in [9.17, 15) is 0 Å². The number of hydrogen-bond acceptors (Lipinski definition) is 0. The van der Waals surface area contributed by atoms with E-state index in [1.165, 1.54) is 38.6 Å². The van der Waals surface area contributed by atoms with Crippen LogP contribution in [-0.2, 0) is 33.3 Å². The van der Waals surface area contributed by atoms with E-state index in [1.54, 1.807) is 0 Å². The first-order valence-corrected chi connectivity index (χ1v) is 7.61. The molecule has 4 rings (SSSR count). The number of nitrogens with zero attached hydrogens (tertiary/aromatic N) is 1. The fraction of sp³-hybridized carbons (Fsp3) is 0.300. The normalized spacial score (nSPS) is 13.4. The molecule has 1 nitrogen and oxygen atoms in total. The molecule has 2 aromatic carbocycles. The molecular formula is C20H18NRbReRf-2. The average Bonchev–Trinajstić information content (AvgIpc) is 2.49. The molecule has 0 N–H and O–H groups in total. The molecule has 0 unspecified atom stereocenters. The monoisotopic (exact) mass is 811 g/mol. The maximum Gasteiger partial charge on any atom is 1.00 e. The number of rotatable bonds is 0. The Bertz CT molecular complexity index is 876. The second-order valence-corrected chi connectivity index (χ2v) is 6.15. The van der Waals surface area contributed by atoms with Crippen LogP contribution in [0.1, 0.15) is 39.8 Å². The van der Waals surface area contributed by atoms with Gasteiger partial charge in [0.2, 0.25) is 0 Å². The summed E-state index contributed by atoms with van der Waals surface area (Å²) in [6, 6.07) is 8.03. The summed E-state index contributed by atoms with van der Waals surface area (Å²) in [5, 5.41) is 7.00. The summed E-state index contributed by atoms with van der Waals surface area (Å²) < 4.78 is 0. The number of benzene rings is 2. The predicted octanol–water partition coefficient (Wildman–Crippen LogP) is 0.0768. The van der Waals surface area contributed by atoms with Gasteiger partial charge in [0.1, 0.15) is 0 Å². The Morgan fingerprint density at radius 3 is 2.71 bits per heavy atom. The van der Waals surface area contributed by atoms with Crippen LogP contribution >= 0.6 is 0 Å². The van der Waals surface area contributed by atoms with Crippen LogP contribution in [0.15, 0.2) is 12.1 Å². The summed E-state index contributed by atoms with van der Waals surface area (Å²) >= 11 is 0. The van der Waals surface area contributed by atoms with Crippen molar-refractivity contribution in [2.45, 2.75) is 33.1 Å². The van der Waals surface area contributed by atoms with Gasteiger partial charge in [0.05, 0.1) is 0 Å². The summed E-state index contributed by atoms with van der Waals surface area (Å²) in [7, 11) is 0. The molecule has 0 bridgehead atoms. The number of hydrogen-bond donors (Lipinski definition) is 0. The van der Waals surface area contributed by atoms with Crippen molar-refractivity contribution in [3.63, 3.8) is 0 Å². The van der Waals surface area contributed by atoms with Crippen LogP contribution < -0.4 is 68.6 Å². The molecule has 0 atom stereocenters. The molecule has 1 heterocycles. The molecule has 2 aromatic rings. The van der Waals surface area contributed by atoms with Gasteiger partial charge in [-0.15, -0.1) is 23.4 Å². The van der Waals surface area contributed by atoms with Gasteiger partial charge < -0.3 is 5.32 Å². The Morgan fingerprint density at radius 1 is 1.21 bits per heavy atom. The van der Waals surface area contributed by atoms with Crippen LogP contribution in [0, 0.1) is 19.9 Å². The van der Waals surface area contributed by atoms with E-state index in [4.69, 9.17) is 0 Å². The molecule has 0 spiro atoms. The van der Waals surface area contributed by atoms with Crippen LogP contribution in [0.3, 0.4) is 0 Å². The zero-order valence-electron chi connectivity index (χ0n) is 14.7. The van der Waals surface area contributed by atoms with Crippen LogP contribution in [-0.4, -0.2) is 6.54 Å². The standard InChI is InChI=1S/C20H18N.Rb.Re.Rf/c1-12-7-18-9-16-8-15-5-4-6-21-20(15)11-17(16)10-19(18)14(3)13(12)2;;;/h7-8H,2,4-6,10H2,1,3H3;;;/q-3;+1;;. The minimum atomic E-state index is 0. The molecule has 0 amide bonds. The molecule has 0 saturated carbocycles. The summed E-state index contributed by atoms with van der Waals surface area (Å²) in [6.07, 6.45) is 6.79. The van der Waals surface area contributed by atoms with Gasteiger partial charge in [-0.25, -0.2) is 28.8 Å². The maximum atomic E-state index is 4.62. The molecule has 24 heavy (non-hydrogen) atoms. The Labute approximate surface area is 201 Å². The Hall–Kier alpha value is -0.552. The molecule has 1 radical (unpaired) electrons. The zero-order chi connectivity index (χ0) is 14.6.